The number of nitrogens with one attached hydrogen (secondary N) is 1. The van der Waals surface area contributed by atoms with Crippen LogP contribution in [0.25, 0.3) is 0 Å². The fraction of sp³-hybridized carbons (Fsp3) is 0.250. The summed E-state index contributed by atoms with van der Waals surface area (Å²) in [5, 5.41) is 3.22. The zero-order chi connectivity index (χ0) is 11.2. The monoisotopic (exact) mass is 216 g/mol. The van der Waals surface area contributed by atoms with Crippen molar-refractivity contribution in [2.75, 3.05) is 5.32 Å². The van der Waals surface area contributed by atoms with E-state index in [0.29, 0.717) is 6.54 Å². The fourth-order valence-electron chi connectivity index (χ4n) is 1.35. The van der Waals surface area contributed by atoms with E-state index in [0.717, 1.165) is 23.8 Å². The zero-order valence-electron chi connectivity index (χ0n) is 9.22. The Bertz CT molecular complexity index is 447. The van der Waals surface area contributed by atoms with E-state index in [4.69, 9.17) is 0 Å². The Kier molecular flexibility index (Phi) is 3.43. The van der Waals surface area contributed by atoms with Crippen LogP contribution >= 0.6 is 0 Å². The normalized spacial score (nSPS) is 10.1. The Morgan fingerprint density at radius 2 is 2.12 bits per heavy atom. The van der Waals surface area contributed by atoms with E-state index in [1.165, 1.54) is 0 Å². The van der Waals surface area contributed by atoms with Crippen molar-refractivity contribution in [2.24, 2.45) is 0 Å². The number of aryl methyl sites for hydroxylation is 1. The number of anilines is 1. The summed E-state index contributed by atoms with van der Waals surface area (Å²) in [6, 6.07) is 7.72. The average Bonchev–Trinajstić information content (AvgIpc) is 2.38. The highest BCUT2D eigenvalue weighted by molar-refractivity contribution is 5.33. The molecule has 0 saturated carbocycles. The van der Waals surface area contributed by atoms with Gasteiger partial charge in [0.1, 0.15) is 11.6 Å². The first kappa shape index (κ1) is 10.5. The van der Waals surface area contributed by atoms with Gasteiger partial charge in [0, 0.05) is 20.2 Å². The third kappa shape index (κ3) is 2.76. The molecule has 84 valence electrons. The lowest BCUT2D eigenvalue weighted by atomic mass is 10.3. The Labute approximate surface area is 96.3 Å². The van der Waals surface area contributed by atoms with Gasteiger partial charge >= 0.3 is 0 Å². The molecule has 2 rings (SSSR count). The third-order valence-corrected chi connectivity index (χ3v) is 2.20. The Hall–Kier alpha value is -1.97. The summed E-state index contributed by atoms with van der Waals surface area (Å²) in [6.07, 6.45) is 4.40. The first-order chi connectivity index (χ1) is 7.88. The largest absolute Gasteiger partial charge is 0.364 e. The van der Waals surface area contributed by atoms with Gasteiger partial charge in [-0.25, -0.2) is 9.97 Å². The number of hydrogen-bond donors (Lipinski definition) is 1. The van der Waals surface area contributed by atoms with E-state index in [9.17, 15) is 0 Å². The molecule has 0 aliphatic carbocycles. The lowest BCUT2D eigenvalue weighted by molar-refractivity contribution is 0.927. The second kappa shape index (κ2) is 5.21. The molecule has 0 aromatic carbocycles. The van der Waals surface area contributed by atoms with Crippen molar-refractivity contribution in [3.63, 3.8) is 0 Å². The van der Waals surface area contributed by atoms with E-state index in [2.05, 4.69) is 20.3 Å². The number of nitrogens with zero attached hydrogens (tertiary/aromatic N) is 3. The van der Waals surface area contributed by atoms with Crippen molar-refractivity contribution in [3.05, 3.63) is 48.2 Å². The van der Waals surface area contributed by atoms with Crippen LogP contribution in [0.4, 0.5) is 5.82 Å². The molecule has 1 N–H and O–H groups in total. The maximum Gasteiger partial charge on any atom is 0.130 e. The summed E-state index contributed by atoms with van der Waals surface area (Å²) in [6.45, 7) is 2.72. The van der Waals surface area contributed by atoms with Crippen molar-refractivity contribution >= 4 is 5.82 Å². The van der Waals surface area contributed by atoms with Gasteiger partial charge in [0.05, 0.1) is 12.2 Å². The summed E-state index contributed by atoms with van der Waals surface area (Å²) in [4.78, 5) is 12.7. The van der Waals surface area contributed by atoms with E-state index >= 15 is 0 Å². The van der Waals surface area contributed by atoms with Crippen molar-refractivity contribution < 1.29 is 1.43 Å². The molecule has 16 heavy (non-hydrogen) atoms. The molecule has 0 aliphatic rings. The molecule has 4 heteroatoms. The predicted molar refractivity (Wildman–Crippen MR) is 65.1 cm³/mol. The molecule has 0 amide bonds. The van der Waals surface area contributed by atoms with E-state index in [-0.39, 0.29) is 1.43 Å². The highest BCUT2D eigenvalue weighted by atomic mass is 15.0. The Morgan fingerprint density at radius 3 is 2.88 bits per heavy atom. The minimum absolute atomic E-state index is 0. The van der Waals surface area contributed by atoms with Gasteiger partial charge in [0.25, 0.3) is 0 Å². The van der Waals surface area contributed by atoms with Crippen LogP contribution in [0.1, 0.15) is 19.9 Å². The molecule has 2 aromatic rings. The van der Waals surface area contributed by atoms with Crippen LogP contribution in [0.3, 0.4) is 0 Å². The molecule has 0 unspecified atom stereocenters. The van der Waals surface area contributed by atoms with E-state index in [1.54, 1.807) is 12.4 Å². The van der Waals surface area contributed by atoms with Crippen LogP contribution in [0.2, 0.25) is 0 Å². The van der Waals surface area contributed by atoms with Gasteiger partial charge in [0.2, 0.25) is 0 Å². The number of pyridine rings is 1. The van der Waals surface area contributed by atoms with Crippen molar-refractivity contribution in [3.8, 4) is 0 Å². The first-order valence-corrected chi connectivity index (χ1v) is 5.34. The molecule has 0 spiro atoms. The Morgan fingerprint density at radius 1 is 1.19 bits per heavy atom. The highest BCUT2D eigenvalue weighted by Crippen LogP contribution is 2.04. The van der Waals surface area contributed by atoms with Crippen LogP contribution in [0.15, 0.2) is 36.7 Å². The second-order valence-corrected chi connectivity index (χ2v) is 3.39. The molecule has 4 nitrogen and oxygen atoms in total. The van der Waals surface area contributed by atoms with Crippen LogP contribution in [-0.2, 0) is 13.0 Å². The van der Waals surface area contributed by atoms with Crippen LogP contribution < -0.4 is 5.32 Å². The molecule has 0 fully saturated rings. The van der Waals surface area contributed by atoms with Crippen LogP contribution in [0.5, 0.6) is 0 Å². The van der Waals surface area contributed by atoms with Gasteiger partial charge in [-0.15, -0.1) is 0 Å². The summed E-state index contributed by atoms with van der Waals surface area (Å²) in [5.74, 6) is 1.70. The molecule has 2 aromatic heterocycles. The van der Waals surface area contributed by atoms with Crippen molar-refractivity contribution in [1.82, 2.24) is 15.0 Å². The van der Waals surface area contributed by atoms with Crippen LogP contribution in [-0.4, -0.2) is 15.0 Å². The smallest absolute Gasteiger partial charge is 0.130 e. The summed E-state index contributed by atoms with van der Waals surface area (Å²) in [7, 11) is 0. The third-order valence-electron chi connectivity index (χ3n) is 2.20. The van der Waals surface area contributed by atoms with E-state index in [1.807, 2.05) is 31.2 Å². The molecular weight excluding hydrogens is 200 g/mol. The van der Waals surface area contributed by atoms with Gasteiger partial charge in [0.15, 0.2) is 0 Å². The molecule has 0 aliphatic heterocycles. The summed E-state index contributed by atoms with van der Waals surface area (Å²) >= 11 is 0. The minimum Gasteiger partial charge on any atom is -0.364 e. The quantitative estimate of drug-likeness (QED) is 0.852. The maximum absolute atomic E-state index is 4.36. The summed E-state index contributed by atoms with van der Waals surface area (Å²) in [5.41, 5.74) is 0.999. The van der Waals surface area contributed by atoms with Gasteiger partial charge in [-0.3, -0.25) is 4.98 Å². The topological polar surface area (TPSA) is 50.7 Å². The van der Waals surface area contributed by atoms with E-state index < -0.39 is 0 Å². The van der Waals surface area contributed by atoms with Gasteiger partial charge in [-0.05, 0) is 18.2 Å². The molecular formula is C12H16N4. The van der Waals surface area contributed by atoms with Crippen LogP contribution in [0, 0.1) is 0 Å². The van der Waals surface area contributed by atoms with Crippen molar-refractivity contribution in [2.45, 2.75) is 19.9 Å². The fourth-order valence-corrected chi connectivity index (χ4v) is 1.35. The highest BCUT2D eigenvalue weighted by Gasteiger charge is 1.97. The molecule has 0 atom stereocenters. The second-order valence-electron chi connectivity index (χ2n) is 3.39. The molecule has 0 bridgehead atoms. The molecule has 0 saturated heterocycles. The Balaban J connectivity index is 0.00000144. The number of hydrogen-bond acceptors (Lipinski definition) is 4. The SMILES string of the molecule is CCc1nccc(NCc2ccccn2)n1.[HH]. The number of aromatic nitrogens is 3. The lowest BCUT2D eigenvalue weighted by Crippen LogP contribution is -2.04. The molecule has 2 heterocycles. The van der Waals surface area contributed by atoms with Gasteiger partial charge in [-0.2, -0.15) is 0 Å². The van der Waals surface area contributed by atoms with Gasteiger partial charge in [-0.1, -0.05) is 13.0 Å². The zero-order valence-corrected chi connectivity index (χ0v) is 9.22. The number of rotatable bonds is 4. The minimum atomic E-state index is 0. The maximum atomic E-state index is 4.36. The first-order valence-electron chi connectivity index (χ1n) is 5.34. The van der Waals surface area contributed by atoms with Crippen molar-refractivity contribution in [1.29, 1.82) is 0 Å². The standard InChI is InChI=1S/C12H14N4.H2/c1-2-11-14-8-6-12(16-11)15-9-10-5-3-4-7-13-10;/h3-8H,2,9H2,1H3,(H,14,15,16);1H. The summed E-state index contributed by atoms with van der Waals surface area (Å²) < 4.78 is 0. The van der Waals surface area contributed by atoms with Gasteiger partial charge < -0.3 is 5.32 Å². The molecule has 0 radical (unpaired) electrons. The average molecular weight is 216 g/mol. The lowest BCUT2D eigenvalue weighted by Gasteiger charge is -2.05. The predicted octanol–water partition coefficient (Wildman–Crippen LogP) is 2.29.